The van der Waals surface area contributed by atoms with Gasteiger partial charge in [0.25, 0.3) is 0 Å². The highest BCUT2D eigenvalue weighted by atomic mass is 127. The van der Waals surface area contributed by atoms with Crippen molar-refractivity contribution in [1.29, 1.82) is 0 Å². The molecule has 12 heavy (non-hydrogen) atoms. The third kappa shape index (κ3) is 3.44. The fourth-order valence-corrected chi connectivity index (χ4v) is 7.02. The first-order valence-corrected chi connectivity index (χ1v) is 13.7. The maximum absolute atomic E-state index is 2.74. The van der Waals surface area contributed by atoms with Crippen molar-refractivity contribution in [3.8, 4) is 0 Å². The second kappa shape index (κ2) is 4.96. The first-order chi connectivity index (χ1) is 5.54. The van der Waals surface area contributed by atoms with Crippen LogP contribution < -0.4 is 0 Å². The van der Waals surface area contributed by atoms with E-state index < -0.39 is 3.07 Å². The van der Waals surface area contributed by atoms with Crippen LogP contribution in [-0.4, -0.2) is 3.07 Å². The Kier molecular flexibility index (Phi) is 4.85. The molecule has 0 nitrogen and oxygen atoms in total. The van der Waals surface area contributed by atoms with Crippen molar-refractivity contribution in [2.45, 2.75) is 51.1 Å². The lowest BCUT2D eigenvalue weighted by molar-refractivity contribution is 0.496. The van der Waals surface area contributed by atoms with Crippen LogP contribution >= 0.6 is 43.6 Å². The van der Waals surface area contributed by atoms with Crippen LogP contribution in [0.5, 0.6) is 0 Å². The van der Waals surface area contributed by atoms with Crippen LogP contribution in [0.4, 0.5) is 0 Å². The fraction of sp³-hybridized carbons (Fsp3) is 1.00. The van der Waals surface area contributed by atoms with Gasteiger partial charge in [0.15, 0.2) is 3.07 Å². The molecule has 0 aromatic heterocycles. The largest absolute Gasteiger partial charge is 0.192 e. The Bertz CT molecular complexity index is 142. The molecule has 1 rings (SSSR count). The quantitative estimate of drug-likeness (QED) is 0.354. The summed E-state index contributed by atoms with van der Waals surface area (Å²) in [6.45, 7) is 4.82. The van der Waals surface area contributed by atoms with Gasteiger partial charge in [0.05, 0.1) is 0 Å². The molecule has 2 unspecified atom stereocenters. The molecule has 0 aliphatic heterocycles. The molecule has 0 aromatic rings. The fourth-order valence-electron chi connectivity index (χ4n) is 2.21. The third-order valence-corrected chi connectivity index (χ3v) is 10.2. The van der Waals surface area contributed by atoms with E-state index in [0.717, 1.165) is 11.5 Å². The lowest BCUT2D eigenvalue weighted by atomic mass is 10.0. The van der Waals surface area contributed by atoms with E-state index in [-0.39, 0.29) is 0 Å². The lowest BCUT2D eigenvalue weighted by Gasteiger charge is -2.20. The molecular weight excluding hydrogens is 390 g/mol. The predicted molar refractivity (Wildman–Crippen MR) is 75.7 cm³/mol. The Morgan fingerprint density at radius 3 is 2.42 bits per heavy atom. The maximum atomic E-state index is 2.74. The van der Waals surface area contributed by atoms with Crippen molar-refractivity contribution in [1.82, 2.24) is 0 Å². The van der Waals surface area contributed by atoms with Gasteiger partial charge in [-0.25, -0.2) is 0 Å². The molecule has 0 N–H and O–H groups in total. The second-order valence-corrected chi connectivity index (χ2v) is 26.5. The molecule has 0 saturated heterocycles. The maximum Gasteiger partial charge on any atom is 0.192 e. The summed E-state index contributed by atoms with van der Waals surface area (Å²) in [5.41, 5.74) is 1.11. The van der Waals surface area contributed by atoms with Crippen LogP contribution in [0.2, 0.25) is 12.1 Å². The molecule has 1 fully saturated rings. The Morgan fingerprint density at radius 2 is 2.00 bits per heavy atom. The molecule has 0 radical (unpaired) electrons. The average molecular weight is 408 g/mol. The zero-order valence-electron chi connectivity index (χ0n) is 7.95. The van der Waals surface area contributed by atoms with E-state index in [1.54, 1.807) is 6.42 Å². The summed E-state index contributed by atoms with van der Waals surface area (Å²) >= 11 is 5.49. The Balaban J connectivity index is 2.35. The number of hydrogen-bond acceptors (Lipinski definition) is 0. The summed E-state index contributed by atoms with van der Waals surface area (Å²) in [6, 6.07) is 0. The van der Waals surface area contributed by atoms with Crippen LogP contribution in [0.1, 0.15) is 39.0 Å². The molecule has 0 heterocycles. The molecule has 1 aliphatic carbocycles. The van der Waals surface area contributed by atoms with Crippen LogP contribution in [0.25, 0.3) is 0 Å². The molecule has 3 heteroatoms. The van der Waals surface area contributed by atoms with E-state index in [1.807, 2.05) is 0 Å². The van der Waals surface area contributed by atoms with Crippen LogP contribution in [-0.2, 0) is 0 Å². The minimum absolute atomic E-state index is 0.855. The highest BCUT2D eigenvalue weighted by molar-refractivity contribution is 14.3. The van der Waals surface area contributed by atoms with E-state index in [2.05, 4.69) is 57.1 Å². The Labute approximate surface area is 103 Å². The smallest absolute Gasteiger partial charge is 0.105 e. The number of hydrogen-bond donors (Lipinski definition) is 0. The van der Waals surface area contributed by atoms with Crippen LogP contribution in [0.15, 0.2) is 0 Å². The Morgan fingerprint density at radius 1 is 1.33 bits per heavy atom. The molecular formula is C9H18I2Si. The molecule has 1 aliphatic rings. The van der Waals surface area contributed by atoms with Gasteiger partial charge in [-0.3, -0.25) is 0 Å². The van der Waals surface area contributed by atoms with E-state index in [9.17, 15) is 0 Å². The summed E-state index contributed by atoms with van der Waals surface area (Å²) < 4.78 is -0.855. The van der Waals surface area contributed by atoms with Gasteiger partial charge in [-0.15, -0.1) is 43.6 Å². The zero-order valence-corrected chi connectivity index (χ0v) is 13.3. The van der Waals surface area contributed by atoms with E-state index in [4.69, 9.17) is 0 Å². The Hall–Kier alpha value is 1.68. The topological polar surface area (TPSA) is 0 Å². The molecule has 0 spiro atoms. The van der Waals surface area contributed by atoms with Crippen LogP contribution in [0, 0.1) is 5.92 Å². The highest BCUT2D eigenvalue weighted by Gasteiger charge is 2.36. The zero-order chi connectivity index (χ0) is 9.19. The minimum atomic E-state index is -0.855. The minimum Gasteiger partial charge on any atom is -0.105 e. The van der Waals surface area contributed by atoms with Crippen molar-refractivity contribution in [3.63, 3.8) is 0 Å². The standard InChI is InChI=1S/C9H18I2Si/c1-3-4-8-5-6-9(7-8)12(2,10)11/h8-9H,3-7H2,1-2H3. The molecule has 0 bridgehead atoms. The summed E-state index contributed by atoms with van der Waals surface area (Å²) in [5.74, 6) is 1.08. The van der Waals surface area contributed by atoms with E-state index >= 15 is 0 Å². The average Bonchev–Trinajstić information content (AvgIpc) is 2.35. The van der Waals surface area contributed by atoms with Gasteiger partial charge in [-0.05, 0) is 17.9 Å². The summed E-state index contributed by atoms with van der Waals surface area (Å²) in [7, 11) is 0. The number of halogens is 2. The van der Waals surface area contributed by atoms with Crippen molar-refractivity contribution in [2.75, 3.05) is 0 Å². The summed E-state index contributed by atoms with van der Waals surface area (Å²) in [6.07, 6.45) is 7.46. The van der Waals surface area contributed by atoms with Crippen molar-refractivity contribution in [2.24, 2.45) is 5.92 Å². The summed E-state index contributed by atoms with van der Waals surface area (Å²) in [4.78, 5) is 0. The molecule has 72 valence electrons. The van der Waals surface area contributed by atoms with Gasteiger partial charge in [0, 0.05) is 0 Å². The number of rotatable bonds is 3. The molecule has 1 saturated carbocycles. The lowest BCUT2D eigenvalue weighted by Crippen LogP contribution is -2.18. The van der Waals surface area contributed by atoms with E-state index in [0.29, 0.717) is 0 Å². The van der Waals surface area contributed by atoms with Gasteiger partial charge < -0.3 is 0 Å². The monoisotopic (exact) mass is 408 g/mol. The normalized spacial score (nSPS) is 31.0. The van der Waals surface area contributed by atoms with E-state index in [1.165, 1.54) is 25.7 Å². The van der Waals surface area contributed by atoms with Gasteiger partial charge >= 0.3 is 0 Å². The second-order valence-electron chi connectivity index (χ2n) is 4.12. The molecule has 0 aromatic carbocycles. The van der Waals surface area contributed by atoms with Crippen LogP contribution in [0.3, 0.4) is 0 Å². The van der Waals surface area contributed by atoms with Gasteiger partial charge in [0.2, 0.25) is 0 Å². The molecule has 2 atom stereocenters. The highest BCUT2D eigenvalue weighted by Crippen LogP contribution is 2.48. The van der Waals surface area contributed by atoms with Crippen molar-refractivity contribution < 1.29 is 0 Å². The first kappa shape index (κ1) is 11.7. The summed E-state index contributed by atoms with van der Waals surface area (Å²) in [5, 5.41) is 0. The van der Waals surface area contributed by atoms with Crippen molar-refractivity contribution in [3.05, 3.63) is 0 Å². The predicted octanol–water partition coefficient (Wildman–Crippen LogP) is 4.90. The van der Waals surface area contributed by atoms with Crippen molar-refractivity contribution >= 4 is 46.7 Å². The first-order valence-electron chi connectivity index (χ1n) is 4.91. The van der Waals surface area contributed by atoms with Gasteiger partial charge in [0.1, 0.15) is 0 Å². The SMILES string of the molecule is CCCC1CCC([Si](C)(I)I)C1. The third-order valence-electron chi connectivity index (χ3n) is 2.96. The van der Waals surface area contributed by atoms with Gasteiger partial charge in [-0.1, -0.05) is 39.2 Å². The van der Waals surface area contributed by atoms with Gasteiger partial charge in [-0.2, -0.15) is 0 Å². The molecule has 0 amide bonds.